The van der Waals surface area contributed by atoms with Crippen LogP contribution in [0.15, 0.2) is 12.4 Å². The van der Waals surface area contributed by atoms with Crippen molar-refractivity contribution in [2.24, 2.45) is 0 Å². The molecule has 1 aromatic rings. The van der Waals surface area contributed by atoms with Crippen molar-refractivity contribution in [2.45, 2.75) is 25.7 Å². The molecule has 80 valence electrons. The Morgan fingerprint density at radius 2 is 2.29 bits per heavy atom. The molecule has 0 spiro atoms. The molecule has 0 amide bonds. The Morgan fingerprint density at radius 1 is 1.57 bits per heavy atom. The quantitative estimate of drug-likeness (QED) is 0.599. The maximum absolute atomic E-state index is 9.75. The van der Waals surface area contributed by atoms with Crippen LogP contribution in [0.5, 0.6) is 0 Å². The molecule has 1 heterocycles. The topological polar surface area (TPSA) is 70.3 Å². The van der Waals surface area contributed by atoms with Crippen LogP contribution in [-0.4, -0.2) is 39.5 Å². The van der Waals surface area contributed by atoms with Gasteiger partial charge in [-0.1, -0.05) is 0 Å². The van der Waals surface area contributed by atoms with Crippen molar-refractivity contribution in [3.05, 3.63) is 18.2 Å². The second-order valence-electron chi connectivity index (χ2n) is 3.14. The number of aliphatic hydroxyl groups excluding tert-OH is 2. The predicted octanol–water partition coefficient (Wildman–Crippen LogP) is -0.483. The van der Waals surface area contributed by atoms with E-state index in [0.29, 0.717) is 12.4 Å². The van der Waals surface area contributed by atoms with Gasteiger partial charge in [0.15, 0.2) is 0 Å². The van der Waals surface area contributed by atoms with Crippen molar-refractivity contribution in [1.29, 1.82) is 0 Å². The van der Waals surface area contributed by atoms with E-state index in [1.165, 1.54) is 0 Å². The Bertz CT molecular complexity index is 275. The predicted molar refractivity (Wildman–Crippen MR) is 52.8 cm³/mol. The van der Waals surface area contributed by atoms with Crippen molar-refractivity contribution in [3.8, 4) is 0 Å². The molecule has 0 aliphatic carbocycles. The highest BCUT2D eigenvalue weighted by Gasteiger charge is 2.21. The van der Waals surface area contributed by atoms with Gasteiger partial charge in [0.2, 0.25) is 0 Å². The normalized spacial score (nSPS) is 15.4. The van der Waals surface area contributed by atoms with Gasteiger partial charge in [-0.3, -0.25) is 0 Å². The van der Waals surface area contributed by atoms with Crippen LogP contribution in [-0.2, 0) is 6.54 Å². The second-order valence-corrected chi connectivity index (χ2v) is 3.14. The lowest BCUT2D eigenvalue weighted by Gasteiger charge is -2.17. The van der Waals surface area contributed by atoms with Crippen LogP contribution in [0.25, 0.3) is 0 Å². The molecule has 1 aromatic heterocycles. The van der Waals surface area contributed by atoms with Crippen molar-refractivity contribution in [2.75, 3.05) is 13.6 Å². The van der Waals surface area contributed by atoms with Crippen molar-refractivity contribution < 1.29 is 10.2 Å². The SMILES string of the molecule is CCn1ccnc1C(O)C(O)CNC. The van der Waals surface area contributed by atoms with Gasteiger partial charge in [0, 0.05) is 25.5 Å². The van der Waals surface area contributed by atoms with Gasteiger partial charge >= 0.3 is 0 Å². The average molecular weight is 199 g/mol. The van der Waals surface area contributed by atoms with E-state index in [1.54, 1.807) is 19.4 Å². The summed E-state index contributed by atoms with van der Waals surface area (Å²) in [6, 6.07) is 0. The third-order valence-electron chi connectivity index (χ3n) is 2.13. The second kappa shape index (κ2) is 5.09. The van der Waals surface area contributed by atoms with Crippen molar-refractivity contribution in [1.82, 2.24) is 14.9 Å². The summed E-state index contributed by atoms with van der Waals surface area (Å²) in [4.78, 5) is 4.02. The first kappa shape index (κ1) is 11.2. The Kier molecular flexibility index (Phi) is 4.06. The third-order valence-corrected chi connectivity index (χ3v) is 2.13. The summed E-state index contributed by atoms with van der Waals surface area (Å²) in [6.45, 7) is 3.04. The number of aromatic nitrogens is 2. The van der Waals surface area contributed by atoms with Crippen LogP contribution < -0.4 is 5.32 Å². The number of likely N-dealkylation sites (N-methyl/N-ethyl adjacent to an activating group) is 1. The van der Waals surface area contributed by atoms with E-state index in [-0.39, 0.29) is 0 Å². The zero-order valence-corrected chi connectivity index (χ0v) is 8.51. The highest BCUT2D eigenvalue weighted by atomic mass is 16.3. The smallest absolute Gasteiger partial charge is 0.140 e. The molecule has 0 aliphatic rings. The van der Waals surface area contributed by atoms with Gasteiger partial charge in [-0.05, 0) is 14.0 Å². The van der Waals surface area contributed by atoms with Crippen molar-refractivity contribution in [3.63, 3.8) is 0 Å². The summed E-state index contributed by atoms with van der Waals surface area (Å²) in [5, 5.41) is 22.1. The molecule has 0 saturated heterocycles. The summed E-state index contributed by atoms with van der Waals surface area (Å²) in [5.74, 6) is 0.509. The number of aliphatic hydroxyl groups is 2. The summed E-state index contributed by atoms with van der Waals surface area (Å²) < 4.78 is 1.81. The van der Waals surface area contributed by atoms with E-state index < -0.39 is 12.2 Å². The van der Waals surface area contributed by atoms with E-state index in [4.69, 9.17) is 0 Å². The Labute approximate surface area is 83.4 Å². The lowest BCUT2D eigenvalue weighted by atomic mass is 10.2. The summed E-state index contributed by atoms with van der Waals surface area (Å²) >= 11 is 0. The average Bonchev–Trinajstić information content (AvgIpc) is 2.64. The van der Waals surface area contributed by atoms with Gasteiger partial charge in [0.25, 0.3) is 0 Å². The first-order valence-corrected chi connectivity index (χ1v) is 4.72. The minimum Gasteiger partial charge on any atom is -0.389 e. The van der Waals surface area contributed by atoms with E-state index in [2.05, 4.69) is 10.3 Å². The van der Waals surface area contributed by atoms with Gasteiger partial charge in [-0.15, -0.1) is 0 Å². The van der Waals surface area contributed by atoms with Crippen LogP contribution in [0.2, 0.25) is 0 Å². The molecule has 0 saturated carbocycles. The number of nitrogens with zero attached hydrogens (tertiary/aromatic N) is 2. The van der Waals surface area contributed by atoms with E-state index >= 15 is 0 Å². The number of aryl methyl sites for hydroxylation is 1. The molecular weight excluding hydrogens is 182 g/mol. The lowest BCUT2D eigenvalue weighted by molar-refractivity contribution is 0.0129. The minimum absolute atomic E-state index is 0.345. The summed E-state index contributed by atoms with van der Waals surface area (Å²) in [6.07, 6.45) is 1.64. The highest BCUT2D eigenvalue weighted by Crippen LogP contribution is 2.14. The zero-order valence-electron chi connectivity index (χ0n) is 8.51. The van der Waals surface area contributed by atoms with Gasteiger partial charge in [-0.25, -0.2) is 4.98 Å². The first-order valence-electron chi connectivity index (χ1n) is 4.72. The van der Waals surface area contributed by atoms with E-state index in [9.17, 15) is 10.2 Å². The van der Waals surface area contributed by atoms with Crippen LogP contribution in [0.1, 0.15) is 18.9 Å². The molecule has 5 heteroatoms. The molecule has 5 nitrogen and oxygen atoms in total. The lowest BCUT2D eigenvalue weighted by Crippen LogP contribution is -2.31. The van der Waals surface area contributed by atoms with E-state index in [1.807, 2.05) is 11.5 Å². The molecule has 0 fully saturated rings. The third kappa shape index (κ3) is 2.31. The maximum Gasteiger partial charge on any atom is 0.140 e. The van der Waals surface area contributed by atoms with Gasteiger partial charge < -0.3 is 20.1 Å². The molecule has 0 bridgehead atoms. The van der Waals surface area contributed by atoms with Gasteiger partial charge in [0.05, 0.1) is 6.10 Å². The summed E-state index contributed by atoms with van der Waals surface area (Å²) in [5.41, 5.74) is 0. The fourth-order valence-corrected chi connectivity index (χ4v) is 1.35. The molecule has 2 atom stereocenters. The number of rotatable bonds is 5. The molecular formula is C9H17N3O2. The van der Waals surface area contributed by atoms with Crippen LogP contribution in [0.3, 0.4) is 0 Å². The largest absolute Gasteiger partial charge is 0.389 e. The number of hydrogen-bond donors (Lipinski definition) is 3. The Balaban J connectivity index is 2.72. The van der Waals surface area contributed by atoms with Crippen LogP contribution in [0, 0.1) is 0 Å². The number of hydrogen-bond acceptors (Lipinski definition) is 4. The molecule has 2 unspecified atom stereocenters. The van der Waals surface area contributed by atoms with E-state index in [0.717, 1.165) is 6.54 Å². The number of imidazole rings is 1. The molecule has 14 heavy (non-hydrogen) atoms. The standard InChI is InChI=1S/C9H17N3O2/c1-3-12-5-4-11-9(12)8(14)7(13)6-10-2/h4-5,7-8,10,13-14H,3,6H2,1-2H3. The zero-order chi connectivity index (χ0) is 10.6. The summed E-state index contributed by atoms with van der Waals surface area (Å²) in [7, 11) is 1.72. The molecule has 1 rings (SSSR count). The molecule has 3 N–H and O–H groups in total. The van der Waals surface area contributed by atoms with Gasteiger partial charge in [-0.2, -0.15) is 0 Å². The fourth-order valence-electron chi connectivity index (χ4n) is 1.35. The molecule has 0 aromatic carbocycles. The maximum atomic E-state index is 9.75. The first-order chi connectivity index (χ1) is 6.70. The van der Waals surface area contributed by atoms with Gasteiger partial charge in [0.1, 0.15) is 11.9 Å². The Hall–Kier alpha value is -0.910. The monoisotopic (exact) mass is 199 g/mol. The number of nitrogens with one attached hydrogen (secondary N) is 1. The molecule has 0 radical (unpaired) electrons. The molecule has 0 aliphatic heterocycles. The Morgan fingerprint density at radius 3 is 2.86 bits per heavy atom. The highest BCUT2D eigenvalue weighted by molar-refractivity contribution is 4.98. The minimum atomic E-state index is -0.933. The van der Waals surface area contributed by atoms with Crippen molar-refractivity contribution >= 4 is 0 Å². The van der Waals surface area contributed by atoms with Crippen LogP contribution in [0.4, 0.5) is 0 Å². The fraction of sp³-hybridized carbons (Fsp3) is 0.667. The van der Waals surface area contributed by atoms with Crippen LogP contribution >= 0.6 is 0 Å².